The number of aromatic nitrogens is 2. The average molecular weight is 455 g/mol. The topological polar surface area (TPSA) is 106 Å². The van der Waals surface area contributed by atoms with Crippen molar-refractivity contribution in [1.29, 1.82) is 0 Å². The summed E-state index contributed by atoms with van der Waals surface area (Å²) < 4.78 is 10.3. The van der Waals surface area contributed by atoms with Crippen molar-refractivity contribution in [3.63, 3.8) is 0 Å². The quantitative estimate of drug-likeness (QED) is 0.494. The highest BCUT2D eigenvalue weighted by molar-refractivity contribution is 6.33. The van der Waals surface area contributed by atoms with Crippen LogP contribution < -0.4 is 10.6 Å². The first kappa shape index (κ1) is 21.8. The molecule has 0 spiro atoms. The summed E-state index contributed by atoms with van der Waals surface area (Å²) in [6.45, 7) is 0. The number of esters is 1. The maximum absolute atomic E-state index is 12.2. The van der Waals surface area contributed by atoms with Crippen molar-refractivity contribution in [3.8, 4) is 11.4 Å². The third kappa shape index (κ3) is 5.08. The van der Waals surface area contributed by atoms with Crippen molar-refractivity contribution in [3.05, 3.63) is 59.4 Å². The summed E-state index contributed by atoms with van der Waals surface area (Å²) in [5.74, 6) is 1.02. The molecule has 3 aromatic rings. The Bertz CT molecular complexity index is 1090. The average Bonchev–Trinajstić information content (AvgIpc) is 3.31. The molecule has 0 unspecified atom stereocenters. The molecule has 1 heterocycles. The van der Waals surface area contributed by atoms with E-state index < -0.39 is 6.03 Å². The van der Waals surface area contributed by atoms with Gasteiger partial charge in [-0.2, -0.15) is 4.98 Å². The van der Waals surface area contributed by atoms with Gasteiger partial charge in [0.15, 0.2) is 0 Å². The van der Waals surface area contributed by atoms with Gasteiger partial charge in [-0.15, -0.1) is 0 Å². The number of methoxy groups -OCH3 is 1. The molecular weight excluding hydrogens is 432 g/mol. The van der Waals surface area contributed by atoms with Crippen LogP contribution in [-0.2, 0) is 9.53 Å². The lowest BCUT2D eigenvalue weighted by molar-refractivity contribution is -0.146. The van der Waals surface area contributed by atoms with E-state index in [2.05, 4.69) is 20.8 Å². The lowest BCUT2D eigenvalue weighted by Crippen LogP contribution is -2.22. The minimum atomic E-state index is -0.393. The Morgan fingerprint density at radius 3 is 2.44 bits per heavy atom. The standard InChI is InChI=1S/C23H23ClN4O4/c1-31-22(29)16-8-6-15(7-9-16)21-27-20(28-32-21)14-10-12-17(13-11-14)25-23(30)26-19-5-3-2-4-18(19)24/h2-5,10-13,15-16H,6-9H2,1H3,(H2,25,26,30). The van der Waals surface area contributed by atoms with Gasteiger partial charge in [-0.05, 0) is 62.1 Å². The molecule has 2 aromatic carbocycles. The third-order valence-corrected chi connectivity index (χ3v) is 5.91. The number of hydrogen-bond donors (Lipinski definition) is 2. The first-order chi connectivity index (χ1) is 15.5. The normalized spacial score (nSPS) is 18.1. The smallest absolute Gasteiger partial charge is 0.323 e. The Morgan fingerprint density at radius 2 is 1.75 bits per heavy atom. The number of carbonyl (C=O) groups excluding carboxylic acids is 2. The summed E-state index contributed by atoms with van der Waals surface area (Å²) in [5.41, 5.74) is 1.92. The number of para-hydroxylation sites is 1. The monoisotopic (exact) mass is 454 g/mol. The van der Waals surface area contributed by atoms with Gasteiger partial charge < -0.3 is 19.9 Å². The van der Waals surface area contributed by atoms with Crippen LogP contribution in [0.25, 0.3) is 11.4 Å². The van der Waals surface area contributed by atoms with E-state index >= 15 is 0 Å². The lowest BCUT2D eigenvalue weighted by atomic mass is 9.82. The zero-order valence-corrected chi connectivity index (χ0v) is 18.3. The van der Waals surface area contributed by atoms with Crippen LogP contribution in [0, 0.1) is 5.92 Å². The maximum atomic E-state index is 12.2. The Labute approximate surface area is 190 Å². The van der Waals surface area contributed by atoms with E-state index in [1.807, 2.05) is 12.1 Å². The van der Waals surface area contributed by atoms with Gasteiger partial charge in [-0.25, -0.2) is 4.79 Å². The molecule has 2 N–H and O–H groups in total. The molecule has 1 aliphatic carbocycles. The van der Waals surface area contributed by atoms with E-state index in [9.17, 15) is 9.59 Å². The highest BCUT2D eigenvalue weighted by Crippen LogP contribution is 2.36. The molecule has 0 saturated heterocycles. The zero-order chi connectivity index (χ0) is 22.5. The van der Waals surface area contributed by atoms with Crippen molar-refractivity contribution < 1.29 is 18.8 Å². The largest absolute Gasteiger partial charge is 0.469 e. The van der Waals surface area contributed by atoms with Gasteiger partial charge in [0.2, 0.25) is 11.7 Å². The molecule has 1 saturated carbocycles. The Hall–Kier alpha value is -3.39. The number of halogens is 1. The van der Waals surface area contributed by atoms with Crippen LogP contribution in [0.4, 0.5) is 16.2 Å². The Balaban J connectivity index is 1.35. The fourth-order valence-electron chi connectivity index (χ4n) is 3.81. The Kier molecular flexibility index (Phi) is 6.70. The van der Waals surface area contributed by atoms with Crippen molar-refractivity contribution in [2.24, 2.45) is 5.92 Å². The van der Waals surface area contributed by atoms with E-state index in [0.29, 0.717) is 28.1 Å². The predicted molar refractivity (Wildman–Crippen MR) is 121 cm³/mol. The molecule has 0 aliphatic heterocycles. The Morgan fingerprint density at radius 1 is 1.03 bits per heavy atom. The van der Waals surface area contributed by atoms with E-state index in [1.54, 1.807) is 36.4 Å². The summed E-state index contributed by atoms with van der Waals surface area (Å²) in [7, 11) is 1.42. The number of nitrogens with zero attached hydrogens (tertiary/aromatic N) is 2. The molecule has 0 atom stereocenters. The van der Waals surface area contributed by atoms with Crippen LogP contribution in [0.3, 0.4) is 0 Å². The molecule has 32 heavy (non-hydrogen) atoms. The van der Waals surface area contributed by atoms with Crippen LogP contribution >= 0.6 is 11.6 Å². The first-order valence-electron chi connectivity index (χ1n) is 10.4. The summed E-state index contributed by atoms with van der Waals surface area (Å²) in [4.78, 5) is 28.4. The number of hydrogen-bond acceptors (Lipinski definition) is 6. The molecule has 4 rings (SSSR count). The van der Waals surface area contributed by atoms with Crippen LogP contribution in [0.5, 0.6) is 0 Å². The van der Waals surface area contributed by atoms with Gasteiger partial charge in [0.1, 0.15) is 0 Å². The fourth-order valence-corrected chi connectivity index (χ4v) is 3.99. The van der Waals surface area contributed by atoms with Crippen LogP contribution in [0.1, 0.15) is 37.5 Å². The molecule has 166 valence electrons. The second-order valence-corrected chi connectivity index (χ2v) is 8.07. The predicted octanol–water partition coefficient (Wildman–Crippen LogP) is 5.48. The number of carbonyl (C=O) groups is 2. The van der Waals surface area contributed by atoms with Crippen LogP contribution in [0.2, 0.25) is 5.02 Å². The highest BCUT2D eigenvalue weighted by Gasteiger charge is 2.30. The summed E-state index contributed by atoms with van der Waals surface area (Å²) >= 11 is 6.06. The molecular formula is C23H23ClN4O4. The molecule has 1 fully saturated rings. The van der Waals surface area contributed by atoms with Crippen molar-refractivity contribution >= 4 is 35.0 Å². The second kappa shape index (κ2) is 9.82. The number of benzene rings is 2. The van der Waals surface area contributed by atoms with Crippen molar-refractivity contribution in [1.82, 2.24) is 10.1 Å². The van der Waals surface area contributed by atoms with Gasteiger partial charge in [-0.3, -0.25) is 4.79 Å². The van der Waals surface area contributed by atoms with Gasteiger partial charge in [0, 0.05) is 17.2 Å². The van der Waals surface area contributed by atoms with E-state index in [-0.39, 0.29) is 17.8 Å². The highest BCUT2D eigenvalue weighted by atomic mass is 35.5. The molecule has 1 aliphatic rings. The minimum Gasteiger partial charge on any atom is -0.469 e. The molecule has 8 nitrogen and oxygen atoms in total. The number of amides is 2. The summed E-state index contributed by atoms with van der Waals surface area (Å²) in [6.07, 6.45) is 3.13. The SMILES string of the molecule is COC(=O)C1CCC(c2nc(-c3ccc(NC(=O)Nc4ccccc4Cl)cc3)no2)CC1. The molecule has 0 radical (unpaired) electrons. The zero-order valence-electron chi connectivity index (χ0n) is 17.5. The van der Waals surface area contributed by atoms with Crippen LogP contribution in [-0.4, -0.2) is 29.3 Å². The van der Waals surface area contributed by atoms with E-state index in [1.165, 1.54) is 7.11 Å². The molecule has 1 aromatic heterocycles. The van der Waals surface area contributed by atoms with Crippen LogP contribution in [0.15, 0.2) is 53.1 Å². The molecule has 9 heteroatoms. The second-order valence-electron chi connectivity index (χ2n) is 7.66. The minimum absolute atomic E-state index is 0.0474. The lowest BCUT2D eigenvalue weighted by Gasteiger charge is -2.24. The van der Waals surface area contributed by atoms with Gasteiger partial charge in [0.25, 0.3) is 0 Å². The number of ether oxygens (including phenoxy) is 1. The number of anilines is 2. The summed E-state index contributed by atoms with van der Waals surface area (Å²) in [6, 6.07) is 13.8. The van der Waals surface area contributed by atoms with Crippen molar-refractivity contribution in [2.45, 2.75) is 31.6 Å². The fraction of sp³-hybridized carbons (Fsp3) is 0.304. The third-order valence-electron chi connectivity index (χ3n) is 5.58. The van der Waals surface area contributed by atoms with E-state index in [4.69, 9.17) is 20.9 Å². The van der Waals surface area contributed by atoms with Gasteiger partial charge in [0.05, 0.1) is 23.7 Å². The number of urea groups is 1. The van der Waals surface area contributed by atoms with Gasteiger partial charge in [-0.1, -0.05) is 28.9 Å². The molecule has 2 amide bonds. The molecule has 0 bridgehead atoms. The number of rotatable bonds is 5. The maximum Gasteiger partial charge on any atom is 0.323 e. The summed E-state index contributed by atoms with van der Waals surface area (Å²) in [5, 5.41) is 10.0. The van der Waals surface area contributed by atoms with Crippen molar-refractivity contribution in [2.75, 3.05) is 17.7 Å². The van der Waals surface area contributed by atoms with E-state index in [0.717, 1.165) is 31.2 Å². The number of nitrogens with one attached hydrogen (secondary N) is 2. The first-order valence-corrected chi connectivity index (χ1v) is 10.8. The van der Waals surface area contributed by atoms with Gasteiger partial charge >= 0.3 is 12.0 Å².